The molecule has 0 spiro atoms. The summed E-state index contributed by atoms with van der Waals surface area (Å²) in [6.07, 6.45) is 0. The Kier molecular flexibility index (Phi) is 7.15. The predicted octanol–water partition coefficient (Wildman–Crippen LogP) is 4.21. The maximum Gasteiger partial charge on any atom is 0.262 e. The maximum atomic E-state index is 12.6. The summed E-state index contributed by atoms with van der Waals surface area (Å²) in [5.74, 6) is 0.929. The second kappa shape index (κ2) is 9.99. The second-order valence-electron chi connectivity index (χ2n) is 6.74. The van der Waals surface area contributed by atoms with E-state index in [-0.39, 0.29) is 17.4 Å². The molecule has 31 heavy (non-hydrogen) atoms. The molecule has 0 unspecified atom stereocenters. The minimum absolute atomic E-state index is 0.0791. The van der Waals surface area contributed by atoms with Crippen LogP contribution in [0, 0.1) is 6.92 Å². The van der Waals surface area contributed by atoms with Crippen molar-refractivity contribution in [1.29, 1.82) is 0 Å². The van der Waals surface area contributed by atoms with E-state index >= 15 is 0 Å². The molecule has 0 heterocycles. The van der Waals surface area contributed by atoms with Crippen LogP contribution in [0.1, 0.15) is 12.5 Å². The van der Waals surface area contributed by atoms with Gasteiger partial charge in [0.25, 0.3) is 15.9 Å². The van der Waals surface area contributed by atoms with Gasteiger partial charge in [-0.15, -0.1) is 0 Å². The standard InChI is InChI=1S/C23H24N2O5S/c1-3-29-20-11-7-19(8-12-20)25-31(27,28)22-13-9-18(10-14-22)24-23(26)16-30-21-6-4-5-17(2)15-21/h4-15,25H,3,16H2,1-2H3,(H,24,26). The number of anilines is 2. The van der Waals surface area contributed by atoms with Gasteiger partial charge in [0.15, 0.2) is 6.61 Å². The first-order chi connectivity index (χ1) is 14.9. The molecule has 0 aromatic heterocycles. The van der Waals surface area contributed by atoms with Gasteiger partial charge in [-0.05, 0) is 80.1 Å². The molecule has 2 N–H and O–H groups in total. The van der Waals surface area contributed by atoms with Crippen molar-refractivity contribution in [3.8, 4) is 11.5 Å². The van der Waals surface area contributed by atoms with E-state index in [9.17, 15) is 13.2 Å². The molecule has 0 atom stereocenters. The Balaban J connectivity index is 1.57. The number of nitrogens with one attached hydrogen (secondary N) is 2. The largest absolute Gasteiger partial charge is 0.494 e. The van der Waals surface area contributed by atoms with Gasteiger partial charge in [-0.3, -0.25) is 9.52 Å². The number of carbonyl (C=O) groups is 1. The van der Waals surface area contributed by atoms with Crippen LogP contribution in [0.4, 0.5) is 11.4 Å². The van der Waals surface area contributed by atoms with Crippen molar-refractivity contribution in [2.45, 2.75) is 18.7 Å². The average molecular weight is 441 g/mol. The Morgan fingerprint density at radius 2 is 1.55 bits per heavy atom. The van der Waals surface area contributed by atoms with Crippen molar-refractivity contribution >= 4 is 27.3 Å². The van der Waals surface area contributed by atoms with E-state index in [0.29, 0.717) is 29.5 Å². The Hall–Kier alpha value is -3.52. The molecule has 0 bridgehead atoms. The Bertz CT molecular complexity index is 1130. The summed E-state index contributed by atoms with van der Waals surface area (Å²) in [6.45, 7) is 4.20. The Morgan fingerprint density at radius 3 is 2.19 bits per heavy atom. The van der Waals surface area contributed by atoms with E-state index in [4.69, 9.17) is 9.47 Å². The van der Waals surface area contributed by atoms with E-state index in [2.05, 4.69) is 10.0 Å². The van der Waals surface area contributed by atoms with Crippen LogP contribution >= 0.6 is 0 Å². The molecule has 7 nitrogen and oxygen atoms in total. The fraction of sp³-hybridized carbons (Fsp3) is 0.174. The first-order valence-corrected chi connectivity index (χ1v) is 11.2. The first kappa shape index (κ1) is 22.2. The van der Waals surface area contributed by atoms with Crippen LogP contribution < -0.4 is 19.5 Å². The lowest BCUT2D eigenvalue weighted by Gasteiger charge is -2.11. The van der Waals surface area contributed by atoms with Crippen molar-refractivity contribution in [2.75, 3.05) is 23.3 Å². The highest BCUT2D eigenvalue weighted by Crippen LogP contribution is 2.21. The van der Waals surface area contributed by atoms with Crippen LogP contribution in [-0.2, 0) is 14.8 Å². The average Bonchev–Trinajstić information content (AvgIpc) is 2.74. The fourth-order valence-electron chi connectivity index (χ4n) is 2.77. The van der Waals surface area contributed by atoms with Crippen LogP contribution in [0.15, 0.2) is 77.7 Å². The molecule has 8 heteroatoms. The molecule has 0 fully saturated rings. The van der Waals surface area contributed by atoms with Gasteiger partial charge in [-0.2, -0.15) is 0 Å². The van der Waals surface area contributed by atoms with E-state index in [1.165, 1.54) is 24.3 Å². The third kappa shape index (κ3) is 6.48. The predicted molar refractivity (Wildman–Crippen MR) is 120 cm³/mol. The number of ether oxygens (including phenoxy) is 2. The van der Waals surface area contributed by atoms with Crippen molar-refractivity contribution in [1.82, 2.24) is 0 Å². The minimum atomic E-state index is -3.76. The molecule has 0 radical (unpaired) electrons. The van der Waals surface area contributed by atoms with Crippen molar-refractivity contribution < 1.29 is 22.7 Å². The van der Waals surface area contributed by atoms with Gasteiger partial charge in [-0.25, -0.2) is 8.42 Å². The highest BCUT2D eigenvalue weighted by atomic mass is 32.2. The topological polar surface area (TPSA) is 93.7 Å². The third-order valence-corrected chi connectivity index (χ3v) is 5.62. The van der Waals surface area contributed by atoms with Gasteiger partial charge in [-0.1, -0.05) is 12.1 Å². The lowest BCUT2D eigenvalue weighted by molar-refractivity contribution is -0.118. The molecule has 0 saturated heterocycles. The van der Waals surface area contributed by atoms with Gasteiger partial charge < -0.3 is 14.8 Å². The van der Waals surface area contributed by atoms with Crippen LogP contribution in [0.25, 0.3) is 0 Å². The van der Waals surface area contributed by atoms with Crippen LogP contribution in [-0.4, -0.2) is 27.5 Å². The number of hydrogen-bond donors (Lipinski definition) is 2. The molecule has 3 aromatic carbocycles. The Morgan fingerprint density at radius 1 is 0.871 bits per heavy atom. The molecular formula is C23H24N2O5S. The number of hydrogen-bond acceptors (Lipinski definition) is 5. The van der Waals surface area contributed by atoms with Crippen LogP contribution in [0.5, 0.6) is 11.5 Å². The minimum Gasteiger partial charge on any atom is -0.494 e. The summed E-state index contributed by atoms with van der Waals surface area (Å²) in [5, 5.41) is 2.68. The molecule has 162 valence electrons. The summed E-state index contributed by atoms with van der Waals surface area (Å²) in [6, 6.07) is 19.9. The summed E-state index contributed by atoms with van der Waals surface area (Å²) < 4.78 is 38.5. The zero-order valence-electron chi connectivity index (χ0n) is 17.3. The van der Waals surface area contributed by atoms with Crippen molar-refractivity contribution in [3.63, 3.8) is 0 Å². The number of carbonyl (C=O) groups excluding carboxylic acids is 1. The smallest absolute Gasteiger partial charge is 0.262 e. The molecule has 3 rings (SSSR count). The molecule has 0 aliphatic heterocycles. The number of benzene rings is 3. The SMILES string of the molecule is CCOc1ccc(NS(=O)(=O)c2ccc(NC(=O)COc3cccc(C)c3)cc2)cc1. The fourth-order valence-corrected chi connectivity index (χ4v) is 3.83. The normalized spacial score (nSPS) is 10.9. The lowest BCUT2D eigenvalue weighted by atomic mass is 10.2. The van der Waals surface area contributed by atoms with Gasteiger partial charge in [0, 0.05) is 11.4 Å². The van der Waals surface area contributed by atoms with Crippen molar-refractivity contribution in [3.05, 3.63) is 78.4 Å². The zero-order valence-corrected chi connectivity index (χ0v) is 18.1. The number of aryl methyl sites for hydroxylation is 1. The summed E-state index contributed by atoms with van der Waals surface area (Å²) in [4.78, 5) is 12.2. The van der Waals surface area contributed by atoms with E-state index in [1.54, 1.807) is 30.3 Å². The van der Waals surface area contributed by atoms with E-state index in [1.807, 2.05) is 32.0 Å². The maximum absolute atomic E-state index is 12.6. The number of rotatable bonds is 9. The third-order valence-electron chi connectivity index (χ3n) is 4.23. The highest BCUT2D eigenvalue weighted by Gasteiger charge is 2.14. The molecular weight excluding hydrogens is 416 g/mol. The molecule has 3 aromatic rings. The Labute approximate surface area is 182 Å². The lowest BCUT2D eigenvalue weighted by Crippen LogP contribution is -2.20. The van der Waals surface area contributed by atoms with Crippen LogP contribution in [0.3, 0.4) is 0 Å². The van der Waals surface area contributed by atoms with Crippen LogP contribution in [0.2, 0.25) is 0 Å². The highest BCUT2D eigenvalue weighted by molar-refractivity contribution is 7.92. The summed E-state index contributed by atoms with van der Waals surface area (Å²) in [5.41, 5.74) is 1.93. The van der Waals surface area contributed by atoms with E-state index < -0.39 is 10.0 Å². The quantitative estimate of drug-likeness (QED) is 0.520. The van der Waals surface area contributed by atoms with Gasteiger partial charge in [0.05, 0.1) is 11.5 Å². The molecule has 0 aliphatic rings. The van der Waals surface area contributed by atoms with Gasteiger partial charge in [0.1, 0.15) is 11.5 Å². The van der Waals surface area contributed by atoms with E-state index in [0.717, 1.165) is 5.56 Å². The monoisotopic (exact) mass is 440 g/mol. The molecule has 1 amide bonds. The number of amides is 1. The van der Waals surface area contributed by atoms with Gasteiger partial charge >= 0.3 is 0 Å². The number of sulfonamides is 1. The second-order valence-corrected chi connectivity index (χ2v) is 8.42. The summed E-state index contributed by atoms with van der Waals surface area (Å²) >= 11 is 0. The first-order valence-electron chi connectivity index (χ1n) is 9.71. The van der Waals surface area contributed by atoms with Gasteiger partial charge in [0.2, 0.25) is 0 Å². The zero-order chi connectivity index (χ0) is 22.3. The summed E-state index contributed by atoms with van der Waals surface area (Å²) in [7, 11) is -3.76. The molecule has 0 aliphatic carbocycles. The van der Waals surface area contributed by atoms with Crippen molar-refractivity contribution in [2.24, 2.45) is 0 Å². The molecule has 0 saturated carbocycles.